The zero-order chi connectivity index (χ0) is 11.0. The van der Waals surface area contributed by atoms with Crippen LogP contribution in [0.2, 0.25) is 0 Å². The van der Waals surface area contributed by atoms with Gasteiger partial charge in [-0.25, -0.2) is 4.98 Å². The van der Waals surface area contributed by atoms with Crippen molar-refractivity contribution < 1.29 is 4.42 Å². The zero-order valence-electron chi connectivity index (χ0n) is 9.03. The van der Waals surface area contributed by atoms with Crippen molar-refractivity contribution in [3.05, 3.63) is 28.0 Å². The third kappa shape index (κ3) is 1.58. The van der Waals surface area contributed by atoms with Crippen LogP contribution in [0.1, 0.15) is 22.1 Å². The van der Waals surface area contributed by atoms with Gasteiger partial charge in [0.15, 0.2) is 0 Å². The van der Waals surface area contributed by atoms with E-state index in [-0.39, 0.29) is 0 Å². The molecule has 16 heavy (non-hydrogen) atoms. The van der Waals surface area contributed by atoms with Gasteiger partial charge in [-0.15, -0.1) is 11.3 Å². The van der Waals surface area contributed by atoms with E-state index in [1.807, 2.05) is 17.4 Å². The van der Waals surface area contributed by atoms with Gasteiger partial charge in [-0.1, -0.05) is 0 Å². The maximum atomic E-state index is 5.52. The van der Waals surface area contributed by atoms with Crippen LogP contribution >= 0.6 is 11.3 Å². The molecule has 0 unspecified atom stereocenters. The Morgan fingerprint density at radius 3 is 3.25 bits per heavy atom. The molecule has 0 saturated carbocycles. The van der Waals surface area contributed by atoms with E-state index in [1.165, 1.54) is 15.4 Å². The number of rotatable bonds is 3. The predicted molar refractivity (Wildman–Crippen MR) is 64.6 cm³/mol. The molecular formula is C12H14N2OS. The molecule has 0 aromatic carbocycles. The molecule has 3 nitrogen and oxygen atoms in total. The molecule has 0 saturated heterocycles. The largest absolute Gasteiger partial charge is 0.469 e. The average molecular weight is 234 g/mol. The summed E-state index contributed by atoms with van der Waals surface area (Å²) < 4.78 is 5.45. The number of nitrogens with zero attached hydrogens (tertiary/aromatic N) is 1. The molecule has 2 aromatic rings. The van der Waals surface area contributed by atoms with Crippen molar-refractivity contribution >= 4 is 11.3 Å². The molecule has 0 aliphatic heterocycles. The number of hydrogen-bond acceptors (Lipinski definition) is 4. The Morgan fingerprint density at radius 2 is 2.38 bits per heavy atom. The minimum Gasteiger partial charge on any atom is -0.469 e. The van der Waals surface area contributed by atoms with Gasteiger partial charge in [0.25, 0.3) is 0 Å². The van der Waals surface area contributed by atoms with Gasteiger partial charge >= 0.3 is 0 Å². The summed E-state index contributed by atoms with van der Waals surface area (Å²) in [4.78, 5) is 6.11. The molecule has 84 valence electrons. The van der Waals surface area contributed by atoms with Crippen LogP contribution in [0.15, 0.2) is 16.7 Å². The van der Waals surface area contributed by atoms with Crippen molar-refractivity contribution in [2.45, 2.75) is 25.7 Å². The molecule has 2 N–H and O–H groups in total. The monoisotopic (exact) mass is 234 g/mol. The SMILES string of the molecule is NCCCc1nc2c(s1)CCc1occc1-2. The molecular weight excluding hydrogens is 220 g/mol. The first kappa shape index (κ1) is 10.1. The van der Waals surface area contributed by atoms with Crippen molar-refractivity contribution in [1.82, 2.24) is 4.98 Å². The highest BCUT2D eigenvalue weighted by Crippen LogP contribution is 2.37. The minimum absolute atomic E-state index is 0.737. The second kappa shape index (κ2) is 4.03. The van der Waals surface area contributed by atoms with Gasteiger partial charge in [-0.3, -0.25) is 0 Å². The van der Waals surface area contributed by atoms with E-state index in [1.54, 1.807) is 6.26 Å². The molecule has 0 atom stereocenters. The van der Waals surface area contributed by atoms with Gasteiger partial charge in [0.1, 0.15) is 5.76 Å². The van der Waals surface area contributed by atoms with Gasteiger partial charge in [0.05, 0.1) is 17.0 Å². The van der Waals surface area contributed by atoms with Crippen LogP contribution in [0, 0.1) is 0 Å². The van der Waals surface area contributed by atoms with Crippen LogP contribution in [0.25, 0.3) is 11.3 Å². The van der Waals surface area contributed by atoms with E-state index in [4.69, 9.17) is 15.1 Å². The second-order valence-electron chi connectivity index (χ2n) is 4.03. The lowest BCUT2D eigenvalue weighted by molar-refractivity contribution is 0.508. The fourth-order valence-electron chi connectivity index (χ4n) is 2.11. The molecule has 0 amide bonds. The Bertz CT molecular complexity index is 501. The normalized spacial score (nSPS) is 13.6. The Balaban J connectivity index is 1.96. The van der Waals surface area contributed by atoms with Crippen molar-refractivity contribution in [2.24, 2.45) is 5.73 Å². The summed E-state index contributed by atoms with van der Waals surface area (Å²) in [6, 6.07) is 2.03. The fourth-order valence-corrected chi connectivity index (χ4v) is 3.24. The van der Waals surface area contributed by atoms with Gasteiger partial charge in [-0.2, -0.15) is 0 Å². The van der Waals surface area contributed by atoms with E-state index in [0.29, 0.717) is 0 Å². The van der Waals surface area contributed by atoms with Crippen LogP contribution in [-0.2, 0) is 19.3 Å². The lowest BCUT2D eigenvalue weighted by Gasteiger charge is -2.07. The summed E-state index contributed by atoms with van der Waals surface area (Å²) in [7, 11) is 0. The van der Waals surface area contributed by atoms with Gasteiger partial charge in [0, 0.05) is 23.3 Å². The lowest BCUT2D eigenvalue weighted by Crippen LogP contribution is -2.00. The molecule has 1 aliphatic rings. The highest BCUT2D eigenvalue weighted by Gasteiger charge is 2.22. The van der Waals surface area contributed by atoms with Crippen LogP contribution < -0.4 is 5.73 Å². The predicted octanol–water partition coefficient (Wildman–Crippen LogP) is 2.39. The summed E-state index contributed by atoms with van der Waals surface area (Å²) in [5.74, 6) is 1.09. The Labute approximate surface area is 98.3 Å². The number of aromatic nitrogens is 1. The van der Waals surface area contributed by atoms with Crippen molar-refractivity contribution in [1.29, 1.82) is 0 Å². The highest BCUT2D eigenvalue weighted by molar-refractivity contribution is 7.12. The topological polar surface area (TPSA) is 52.0 Å². The summed E-state index contributed by atoms with van der Waals surface area (Å²) >= 11 is 1.83. The first-order chi connectivity index (χ1) is 7.88. The van der Waals surface area contributed by atoms with Gasteiger partial charge in [0.2, 0.25) is 0 Å². The molecule has 2 heterocycles. The van der Waals surface area contributed by atoms with Crippen molar-refractivity contribution in [3.8, 4) is 11.3 Å². The van der Waals surface area contributed by atoms with Crippen LogP contribution in [0.3, 0.4) is 0 Å². The molecule has 4 heteroatoms. The Kier molecular flexibility index (Phi) is 2.53. The maximum absolute atomic E-state index is 5.52. The van der Waals surface area contributed by atoms with Crippen LogP contribution in [0.5, 0.6) is 0 Å². The average Bonchev–Trinajstić information content (AvgIpc) is 2.90. The van der Waals surface area contributed by atoms with Crippen LogP contribution in [0.4, 0.5) is 0 Å². The molecule has 2 aromatic heterocycles. The minimum atomic E-state index is 0.737. The van der Waals surface area contributed by atoms with Crippen molar-refractivity contribution in [2.75, 3.05) is 6.54 Å². The summed E-state index contributed by atoms with van der Waals surface area (Å²) in [6.07, 6.45) is 5.86. The fraction of sp³-hybridized carbons (Fsp3) is 0.417. The smallest absolute Gasteiger partial charge is 0.113 e. The summed E-state index contributed by atoms with van der Waals surface area (Å²) in [5, 5.41) is 1.21. The third-order valence-electron chi connectivity index (χ3n) is 2.92. The maximum Gasteiger partial charge on any atom is 0.113 e. The highest BCUT2D eigenvalue weighted by atomic mass is 32.1. The Morgan fingerprint density at radius 1 is 1.44 bits per heavy atom. The van der Waals surface area contributed by atoms with Crippen LogP contribution in [-0.4, -0.2) is 11.5 Å². The first-order valence-corrected chi connectivity index (χ1v) is 6.45. The Hall–Kier alpha value is -1.13. The molecule has 0 bridgehead atoms. The zero-order valence-corrected chi connectivity index (χ0v) is 9.85. The summed E-state index contributed by atoms with van der Waals surface area (Å²) in [6.45, 7) is 0.737. The van der Waals surface area contributed by atoms with E-state index in [9.17, 15) is 0 Å². The lowest BCUT2D eigenvalue weighted by atomic mass is 10.0. The molecule has 0 fully saturated rings. The first-order valence-electron chi connectivity index (χ1n) is 5.64. The molecule has 3 rings (SSSR count). The third-order valence-corrected chi connectivity index (χ3v) is 4.09. The molecule has 0 radical (unpaired) electrons. The van der Waals surface area contributed by atoms with Gasteiger partial charge < -0.3 is 10.2 Å². The second-order valence-corrected chi connectivity index (χ2v) is 5.20. The number of furan rings is 1. The van der Waals surface area contributed by atoms with Gasteiger partial charge in [-0.05, 0) is 25.5 Å². The summed E-state index contributed by atoms with van der Waals surface area (Å²) in [5.41, 5.74) is 7.86. The molecule has 0 spiro atoms. The number of nitrogens with two attached hydrogens (primary N) is 1. The van der Waals surface area contributed by atoms with E-state index < -0.39 is 0 Å². The van der Waals surface area contributed by atoms with E-state index in [2.05, 4.69) is 0 Å². The van der Waals surface area contributed by atoms with Crippen molar-refractivity contribution in [3.63, 3.8) is 0 Å². The number of hydrogen-bond donors (Lipinski definition) is 1. The number of thiazole rings is 1. The van der Waals surface area contributed by atoms with E-state index in [0.717, 1.165) is 43.7 Å². The molecule has 1 aliphatic carbocycles. The number of fused-ring (bicyclic) bond motifs is 3. The number of aryl methyl sites for hydroxylation is 3. The standard InChI is InChI=1S/C12H14N2OS/c13-6-1-2-11-14-12-8-5-7-15-9(8)3-4-10(12)16-11/h5,7H,1-4,6,13H2. The van der Waals surface area contributed by atoms with E-state index >= 15 is 0 Å². The quantitative estimate of drug-likeness (QED) is 0.887.